The van der Waals surface area contributed by atoms with Gasteiger partial charge in [0.15, 0.2) is 0 Å². The number of rotatable bonds is 3. The van der Waals surface area contributed by atoms with Crippen molar-refractivity contribution in [3.8, 4) is 5.75 Å². The third-order valence-corrected chi connectivity index (χ3v) is 3.58. The molecule has 1 fully saturated rings. The number of phenols is 1. The van der Waals surface area contributed by atoms with Crippen molar-refractivity contribution in [1.82, 2.24) is 4.90 Å². The lowest BCUT2D eigenvalue weighted by molar-refractivity contribution is 0.115. The molecule has 1 unspecified atom stereocenters. The molecule has 2 N–H and O–H groups in total. The number of likely N-dealkylation sites (tertiary alicyclic amines) is 1. The molecular formula is C14H21NO2. The van der Waals surface area contributed by atoms with Gasteiger partial charge in [0.25, 0.3) is 0 Å². The van der Waals surface area contributed by atoms with Crippen LogP contribution in [0.15, 0.2) is 18.2 Å². The third-order valence-electron chi connectivity index (χ3n) is 3.58. The van der Waals surface area contributed by atoms with Gasteiger partial charge < -0.3 is 10.2 Å². The maximum atomic E-state index is 9.98. The van der Waals surface area contributed by atoms with Crippen LogP contribution in [0.5, 0.6) is 5.75 Å². The van der Waals surface area contributed by atoms with Gasteiger partial charge in [-0.05, 0) is 37.8 Å². The number of aromatic hydroxyl groups is 1. The molecule has 0 radical (unpaired) electrons. The quantitative estimate of drug-likeness (QED) is 0.841. The minimum atomic E-state index is 0.274. The van der Waals surface area contributed by atoms with E-state index < -0.39 is 0 Å². The standard InChI is InChI=1S/C14H21NO2/c1-11-4-2-6-13(14(11)17)9-15-7-3-5-12(8-15)10-16/h2,4,6,12,16-17H,3,5,7-10H2,1H3. The minimum absolute atomic E-state index is 0.274. The van der Waals surface area contributed by atoms with Gasteiger partial charge in [-0.3, -0.25) is 4.90 Å². The zero-order valence-corrected chi connectivity index (χ0v) is 10.4. The second kappa shape index (κ2) is 5.52. The maximum absolute atomic E-state index is 9.98. The van der Waals surface area contributed by atoms with Crippen LogP contribution in [0.3, 0.4) is 0 Å². The molecule has 0 aromatic heterocycles. The van der Waals surface area contributed by atoms with E-state index in [-0.39, 0.29) is 6.61 Å². The number of aliphatic hydroxyl groups is 1. The summed E-state index contributed by atoms with van der Waals surface area (Å²) in [4.78, 5) is 2.32. The first kappa shape index (κ1) is 12.4. The molecular weight excluding hydrogens is 214 g/mol. The lowest BCUT2D eigenvalue weighted by Gasteiger charge is -2.32. The number of nitrogens with zero attached hydrogens (tertiary/aromatic N) is 1. The Morgan fingerprint density at radius 1 is 1.41 bits per heavy atom. The van der Waals surface area contributed by atoms with Crippen molar-refractivity contribution < 1.29 is 10.2 Å². The largest absolute Gasteiger partial charge is 0.507 e. The molecule has 0 saturated carbocycles. The van der Waals surface area contributed by atoms with E-state index in [4.69, 9.17) is 0 Å². The fourth-order valence-electron chi connectivity index (χ4n) is 2.53. The number of benzene rings is 1. The van der Waals surface area contributed by atoms with E-state index in [1.165, 1.54) is 0 Å². The van der Waals surface area contributed by atoms with Crippen molar-refractivity contribution in [3.05, 3.63) is 29.3 Å². The Balaban J connectivity index is 2.02. The number of phenolic OH excluding ortho intramolecular Hbond substituents is 1. The second-order valence-corrected chi connectivity index (χ2v) is 5.01. The van der Waals surface area contributed by atoms with Gasteiger partial charge in [-0.25, -0.2) is 0 Å². The Morgan fingerprint density at radius 2 is 2.24 bits per heavy atom. The smallest absolute Gasteiger partial charge is 0.122 e. The SMILES string of the molecule is Cc1cccc(CN2CCCC(CO)C2)c1O. The van der Waals surface area contributed by atoms with Crippen LogP contribution < -0.4 is 0 Å². The first-order valence-corrected chi connectivity index (χ1v) is 6.31. The summed E-state index contributed by atoms with van der Waals surface area (Å²) in [6.45, 7) is 4.97. The van der Waals surface area contributed by atoms with Crippen molar-refractivity contribution in [1.29, 1.82) is 0 Å². The Morgan fingerprint density at radius 3 is 3.00 bits per heavy atom. The van der Waals surface area contributed by atoms with Gasteiger partial charge in [0.2, 0.25) is 0 Å². The average molecular weight is 235 g/mol. The Hall–Kier alpha value is -1.06. The molecule has 17 heavy (non-hydrogen) atoms. The number of hydrogen-bond donors (Lipinski definition) is 2. The molecule has 0 bridgehead atoms. The third kappa shape index (κ3) is 2.99. The summed E-state index contributed by atoms with van der Waals surface area (Å²) < 4.78 is 0. The molecule has 1 aliphatic heterocycles. The number of hydrogen-bond acceptors (Lipinski definition) is 3. The number of aliphatic hydroxyl groups excluding tert-OH is 1. The number of aryl methyl sites for hydroxylation is 1. The molecule has 3 heteroatoms. The van der Waals surface area contributed by atoms with Crippen LogP contribution in [0.4, 0.5) is 0 Å². The predicted octanol–water partition coefficient (Wildman–Crippen LogP) is 1.90. The van der Waals surface area contributed by atoms with Crippen LogP contribution in [-0.4, -0.2) is 34.8 Å². The van der Waals surface area contributed by atoms with Crippen molar-refractivity contribution in [2.45, 2.75) is 26.3 Å². The van der Waals surface area contributed by atoms with Crippen molar-refractivity contribution in [3.63, 3.8) is 0 Å². The van der Waals surface area contributed by atoms with Gasteiger partial charge in [0.05, 0.1) is 0 Å². The van der Waals surface area contributed by atoms with Crippen LogP contribution in [0.2, 0.25) is 0 Å². The van der Waals surface area contributed by atoms with E-state index >= 15 is 0 Å². The highest BCUT2D eigenvalue weighted by atomic mass is 16.3. The van der Waals surface area contributed by atoms with Gasteiger partial charge in [-0.15, -0.1) is 0 Å². The fraction of sp³-hybridized carbons (Fsp3) is 0.571. The average Bonchev–Trinajstić information content (AvgIpc) is 2.35. The van der Waals surface area contributed by atoms with Crippen LogP contribution in [0.1, 0.15) is 24.0 Å². The second-order valence-electron chi connectivity index (χ2n) is 5.01. The molecule has 94 valence electrons. The summed E-state index contributed by atoms with van der Waals surface area (Å²) in [5.74, 6) is 0.814. The van der Waals surface area contributed by atoms with E-state index in [1.54, 1.807) is 0 Å². The zero-order valence-electron chi connectivity index (χ0n) is 10.4. The molecule has 1 aromatic carbocycles. The fourth-order valence-corrected chi connectivity index (χ4v) is 2.53. The molecule has 0 aliphatic carbocycles. The Labute approximate surface area is 103 Å². The summed E-state index contributed by atoms with van der Waals surface area (Å²) >= 11 is 0. The lowest BCUT2D eigenvalue weighted by atomic mass is 9.98. The Kier molecular flexibility index (Phi) is 4.02. The van der Waals surface area contributed by atoms with Gasteiger partial charge in [0.1, 0.15) is 5.75 Å². The number of para-hydroxylation sites is 1. The van der Waals surface area contributed by atoms with E-state index in [2.05, 4.69) is 4.90 Å². The van der Waals surface area contributed by atoms with Crippen LogP contribution in [0, 0.1) is 12.8 Å². The van der Waals surface area contributed by atoms with Gasteiger partial charge in [-0.2, -0.15) is 0 Å². The molecule has 0 amide bonds. The van der Waals surface area contributed by atoms with Crippen molar-refractivity contribution >= 4 is 0 Å². The number of piperidine rings is 1. The molecule has 0 spiro atoms. The zero-order chi connectivity index (χ0) is 12.3. The van der Waals surface area contributed by atoms with Crippen LogP contribution in [-0.2, 0) is 6.54 Å². The van der Waals surface area contributed by atoms with Crippen molar-refractivity contribution in [2.24, 2.45) is 5.92 Å². The maximum Gasteiger partial charge on any atom is 0.122 e. The summed E-state index contributed by atoms with van der Waals surface area (Å²) in [6.07, 6.45) is 2.25. The van der Waals surface area contributed by atoms with Crippen molar-refractivity contribution in [2.75, 3.05) is 19.7 Å². The van der Waals surface area contributed by atoms with Crippen LogP contribution >= 0.6 is 0 Å². The molecule has 1 aromatic rings. The first-order valence-electron chi connectivity index (χ1n) is 6.31. The summed E-state index contributed by atoms with van der Waals surface area (Å²) in [6, 6.07) is 5.88. The molecule has 1 atom stereocenters. The van der Waals surface area contributed by atoms with Gasteiger partial charge >= 0.3 is 0 Å². The normalized spacial score (nSPS) is 21.6. The first-order chi connectivity index (χ1) is 8.20. The van der Waals surface area contributed by atoms with Gasteiger partial charge in [-0.1, -0.05) is 18.2 Å². The summed E-state index contributed by atoms with van der Waals surface area (Å²) in [7, 11) is 0. The van der Waals surface area contributed by atoms with E-state index in [1.807, 2.05) is 25.1 Å². The van der Waals surface area contributed by atoms with Gasteiger partial charge in [0, 0.05) is 25.3 Å². The molecule has 2 rings (SSSR count). The molecule has 3 nitrogen and oxygen atoms in total. The van der Waals surface area contributed by atoms with E-state index in [0.29, 0.717) is 11.7 Å². The monoisotopic (exact) mass is 235 g/mol. The minimum Gasteiger partial charge on any atom is -0.507 e. The molecule has 1 saturated heterocycles. The lowest BCUT2D eigenvalue weighted by Crippen LogP contribution is -2.36. The molecule has 1 heterocycles. The Bertz CT molecular complexity index is 378. The van der Waals surface area contributed by atoms with Crippen LogP contribution in [0.25, 0.3) is 0 Å². The topological polar surface area (TPSA) is 43.7 Å². The van der Waals surface area contributed by atoms with E-state index in [0.717, 1.165) is 43.6 Å². The highest BCUT2D eigenvalue weighted by molar-refractivity contribution is 5.39. The highest BCUT2D eigenvalue weighted by Gasteiger charge is 2.20. The highest BCUT2D eigenvalue weighted by Crippen LogP contribution is 2.25. The summed E-state index contributed by atoms with van der Waals surface area (Å²) in [5, 5.41) is 19.2. The predicted molar refractivity (Wildman–Crippen MR) is 67.9 cm³/mol. The summed E-state index contributed by atoms with van der Waals surface area (Å²) in [5.41, 5.74) is 1.92. The molecule has 1 aliphatic rings. The van der Waals surface area contributed by atoms with E-state index in [9.17, 15) is 10.2 Å².